The number of carbonyl (C=O) groups excluding carboxylic acids is 1. The minimum atomic E-state index is -0.577. The second-order valence-corrected chi connectivity index (χ2v) is 6.29. The van der Waals surface area contributed by atoms with Gasteiger partial charge in [0.15, 0.2) is 5.11 Å². The molecule has 1 aromatic rings. The molecule has 1 aromatic carbocycles. The predicted molar refractivity (Wildman–Crippen MR) is 90.8 cm³/mol. The second kappa shape index (κ2) is 7.66. The minimum absolute atomic E-state index is 0.0474. The predicted octanol–water partition coefficient (Wildman–Crippen LogP) is 1.21. The van der Waals surface area contributed by atoms with Gasteiger partial charge in [0.1, 0.15) is 0 Å². The second-order valence-electron chi connectivity index (χ2n) is 4.97. The summed E-state index contributed by atoms with van der Waals surface area (Å²) < 4.78 is 5.70. The third-order valence-electron chi connectivity index (χ3n) is 3.42. The summed E-state index contributed by atoms with van der Waals surface area (Å²) in [6, 6.07) is 4.50. The van der Waals surface area contributed by atoms with Crippen molar-refractivity contribution >= 4 is 44.9 Å². The lowest BCUT2D eigenvalue weighted by molar-refractivity contribution is -0.385. The largest absolute Gasteiger partial charge is 0.381 e. The van der Waals surface area contributed by atoms with Crippen LogP contribution in [0.15, 0.2) is 22.7 Å². The van der Waals surface area contributed by atoms with Gasteiger partial charge in [0.2, 0.25) is 5.91 Å². The van der Waals surface area contributed by atoms with E-state index < -0.39 is 10.8 Å². The number of nitro benzene ring substituents is 1. The number of nitro groups is 1. The van der Waals surface area contributed by atoms with Crippen molar-refractivity contribution in [1.82, 2.24) is 16.2 Å². The van der Waals surface area contributed by atoms with Crippen molar-refractivity contribution < 1.29 is 14.5 Å². The van der Waals surface area contributed by atoms with E-state index >= 15 is 0 Å². The van der Waals surface area contributed by atoms with Crippen molar-refractivity contribution in [1.29, 1.82) is 0 Å². The van der Waals surface area contributed by atoms with Gasteiger partial charge in [-0.15, -0.1) is 0 Å². The molecule has 0 spiro atoms. The molecule has 8 nitrogen and oxygen atoms in total. The van der Waals surface area contributed by atoms with Crippen LogP contribution in [0.3, 0.4) is 0 Å². The van der Waals surface area contributed by atoms with E-state index in [1.54, 1.807) is 13.1 Å². The minimum Gasteiger partial charge on any atom is -0.381 e. The van der Waals surface area contributed by atoms with Gasteiger partial charge in [-0.1, -0.05) is 15.9 Å². The molecule has 0 radical (unpaired) electrons. The Hall–Kier alpha value is -1.78. The fraction of sp³-hybridized carbons (Fsp3) is 0.385. The summed E-state index contributed by atoms with van der Waals surface area (Å²) in [5.41, 5.74) is 5.56. The fourth-order valence-corrected chi connectivity index (χ4v) is 2.77. The molecule has 0 saturated carbocycles. The highest BCUT2D eigenvalue weighted by molar-refractivity contribution is 9.10. The molecular formula is C13H15BrN4O4S. The summed E-state index contributed by atoms with van der Waals surface area (Å²) in [7, 11) is 1.62. The molecule has 0 aromatic heterocycles. The smallest absolute Gasteiger partial charge is 0.270 e. The van der Waals surface area contributed by atoms with Crippen molar-refractivity contribution in [2.24, 2.45) is 5.92 Å². The van der Waals surface area contributed by atoms with E-state index in [0.717, 1.165) is 0 Å². The molecule has 1 amide bonds. The maximum Gasteiger partial charge on any atom is 0.270 e. The molecule has 23 heavy (non-hydrogen) atoms. The van der Waals surface area contributed by atoms with Crippen LogP contribution in [0.1, 0.15) is 11.5 Å². The van der Waals surface area contributed by atoms with E-state index in [-0.39, 0.29) is 22.6 Å². The third-order valence-corrected chi connectivity index (χ3v) is 4.18. The Balaban J connectivity index is 2.26. The van der Waals surface area contributed by atoms with E-state index in [4.69, 9.17) is 17.0 Å². The number of rotatable bonds is 4. The Morgan fingerprint density at radius 3 is 2.65 bits per heavy atom. The molecule has 1 heterocycles. The number of benzene rings is 1. The fourth-order valence-electron chi connectivity index (χ4n) is 2.22. The van der Waals surface area contributed by atoms with Crippen molar-refractivity contribution in [3.05, 3.63) is 38.3 Å². The zero-order valence-corrected chi connectivity index (χ0v) is 14.6. The number of non-ortho nitro benzene ring substituents is 1. The van der Waals surface area contributed by atoms with Crippen LogP contribution in [0.2, 0.25) is 0 Å². The molecule has 2 rings (SSSR count). The van der Waals surface area contributed by atoms with Gasteiger partial charge in [0, 0.05) is 29.6 Å². The number of thiocarbonyl (C=S) groups is 1. The standard InChI is InChI=1S/C13H15BrN4O4S/c1-15-13(23)17-16-12(19)11(8-5-22-6-8)7-2-9(14)4-10(3-7)18(20)21/h2-4,8,11H,5-6H2,1H3,(H,16,19)(H2,15,17,23). The first-order valence-electron chi connectivity index (χ1n) is 6.72. The van der Waals surface area contributed by atoms with Crippen LogP contribution in [0.25, 0.3) is 0 Å². The van der Waals surface area contributed by atoms with Gasteiger partial charge < -0.3 is 10.1 Å². The normalized spacial score (nSPS) is 15.2. The number of carbonyl (C=O) groups is 1. The number of hydrogen-bond acceptors (Lipinski definition) is 5. The molecule has 1 atom stereocenters. The highest BCUT2D eigenvalue weighted by atomic mass is 79.9. The van der Waals surface area contributed by atoms with Gasteiger partial charge in [-0.05, 0) is 23.8 Å². The van der Waals surface area contributed by atoms with Crippen LogP contribution in [0.4, 0.5) is 5.69 Å². The Kier molecular flexibility index (Phi) is 5.85. The maximum absolute atomic E-state index is 12.5. The summed E-state index contributed by atoms with van der Waals surface area (Å²) in [6.45, 7) is 0.851. The number of hydrogen-bond donors (Lipinski definition) is 3. The van der Waals surface area contributed by atoms with Crippen molar-refractivity contribution in [2.75, 3.05) is 20.3 Å². The first-order valence-corrected chi connectivity index (χ1v) is 7.92. The summed E-state index contributed by atoms with van der Waals surface area (Å²) in [5, 5.41) is 14.0. The Labute approximate surface area is 146 Å². The van der Waals surface area contributed by atoms with Gasteiger partial charge in [0.05, 0.1) is 24.1 Å². The lowest BCUT2D eigenvalue weighted by Gasteiger charge is -2.33. The van der Waals surface area contributed by atoms with Crippen molar-refractivity contribution in [3.8, 4) is 0 Å². The third kappa shape index (κ3) is 4.36. The lowest BCUT2D eigenvalue weighted by Crippen LogP contribution is -2.50. The van der Waals surface area contributed by atoms with Crippen LogP contribution >= 0.6 is 28.1 Å². The van der Waals surface area contributed by atoms with Crippen molar-refractivity contribution in [3.63, 3.8) is 0 Å². The van der Waals surface area contributed by atoms with E-state index in [1.165, 1.54) is 12.1 Å². The molecule has 1 fully saturated rings. The average Bonchev–Trinajstić information content (AvgIpc) is 2.47. The molecule has 10 heteroatoms. The molecule has 0 aliphatic carbocycles. The Morgan fingerprint density at radius 2 is 2.13 bits per heavy atom. The van der Waals surface area contributed by atoms with Crippen LogP contribution < -0.4 is 16.2 Å². The number of hydrazine groups is 1. The molecule has 1 unspecified atom stereocenters. The Bertz CT molecular complexity index is 638. The molecule has 3 N–H and O–H groups in total. The van der Waals surface area contributed by atoms with E-state index in [9.17, 15) is 14.9 Å². The molecule has 1 aliphatic heterocycles. The van der Waals surface area contributed by atoms with Crippen LogP contribution in [-0.2, 0) is 9.53 Å². The lowest BCUT2D eigenvalue weighted by atomic mass is 9.84. The van der Waals surface area contributed by atoms with Gasteiger partial charge in [-0.3, -0.25) is 25.8 Å². The monoisotopic (exact) mass is 402 g/mol. The highest BCUT2D eigenvalue weighted by Crippen LogP contribution is 2.34. The highest BCUT2D eigenvalue weighted by Gasteiger charge is 2.36. The number of nitrogens with zero attached hydrogens (tertiary/aromatic N) is 1. The number of nitrogens with one attached hydrogen (secondary N) is 3. The number of halogens is 1. The quantitative estimate of drug-likeness (QED) is 0.394. The zero-order valence-electron chi connectivity index (χ0n) is 12.2. The van der Waals surface area contributed by atoms with Crippen molar-refractivity contribution in [2.45, 2.75) is 5.92 Å². The van der Waals surface area contributed by atoms with Crippen LogP contribution in [-0.4, -0.2) is 36.2 Å². The van der Waals surface area contributed by atoms with E-state index in [0.29, 0.717) is 23.2 Å². The molecule has 1 aliphatic rings. The average molecular weight is 403 g/mol. The van der Waals surface area contributed by atoms with Gasteiger partial charge >= 0.3 is 0 Å². The van der Waals surface area contributed by atoms with Gasteiger partial charge in [0.25, 0.3) is 5.69 Å². The molecule has 124 valence electrons. The molecule has 1 saturated heterocycles. The zero-order chi connectivity index (χ0) is 17.0. The molecule has 0 bridgehead atoms. The maximum atomic E-state index is 12.5. The summed E-state index contributed by atoms with van der Waals surface area (Å²) >= 11 is 8.15. The van der Waals surface area contributed by atoms with Crippen LogP contribution in [0, 0.1) is 16.0 Å². The van der Waals surface area contributed by atoms with Crippen LogP contribution in [0.5, 0.6) is 0 Å². The Morgan fingerprint density at radius 1 is 1.43 bits per heavy atom. The van der Waals surface area contributed by atoms with Gasteiger partial charge in [-0.2, -0.15) is 0 Å². The number of amides is 1. The molecular weight excluding hydrogens is 388 g/mol. The first-order chi connectivity index (χ1) is 10.9. The van der Waals surface area contributed by atoms with E-state index in [1.807, 2.05) is 0 Å². The topological polar surface area (TPSA) is 106 Å². The first kappa shape index (κ1) is 17.6. The van der Waals surface area contributed by atoms with Gasteiger partial charge in [-0.25, -0.2) is 0 Å². The summed E-state index contributed by atoms with van der Waals surface area (Å²) in [6.07, 6.45) is 0. The van der Waals surface area contributed by atoms with E-state index in [2.05, 4.69) is 32.1 Å². The SMILES string of the molecule is CNC(=S)NNC(=O)C(c1cc(Br)cc([N+](=O)[O-])c1)C1COC1. The summed E-state index contributed by atoms with van der Waals surface area (Å²) in [5.74, 6) is -0.954. The summed E-state index contributed by atoms with van der Waals surface area (Å²) in [4.78, 5) is 23.0. The number of ether oxygens (including phenoxy) is 1.